The predicted octanol–water partition coefficient (Wildman–Crippen LogP) is 1.28. The van der Waals surface area contributed by atoms with Crippen LogP contribution in [0.15, 0.2) is 12.4 Å². The summed E-state index contributed by atoms with van der Waals surface area (Å²) in [6, 6.07) is 0. The maximum Gasteiger partial charge on any atom is 0.422 e. The van der Waals surface area contributed by atoms with Gasteiger partial charge in [-0.2, -0.15) is 13.2 Å². The average molecular weight is 293 g/mol. The fourth-order valence-corrected chi connectivity index (χ4v) is 2.10. The maximum absolute atomic E-state index is 12.0. The van der Waals surface area contributed by atoms with E-state index >= 15 is 0 Å². The van der Waals surface area contributed by atoms with Crippen molar-refractivity contribution in [1.82, 2.24) is 14.5 Å². The molecule has 6 nitrogen and oxygen atoms in total. The maximum atomic E-state index is 12.0. The number of hydrogen-bond acceptors (Lipinski definition) is 4. The molecule has 1 aromatic heterocycles. The molecular weight excluding hydrogens is 279 g/mol. The summed E-state index contributed by atoms with van der Waals surface area (Å²) >= 11 is 0. The number of ether oxygens (including phenoxy) is 2. The second-order valence-electron chi connectivity index (χ2n) is 4.59. The molecule has 1 amide bonds. The van der Waals surface area contributed by atoms with Crippen molar-refractivity contribution < 1.29 is 27.4 Å². The van der Waals surface area contributed by atoms with E-state index in [1.807, 2.05) is 0 Å². The molecule has 0 spiro atoms. The molecule has 1 aliphatic heterocycles. The van der Waals surface area contributed by atoms with Gasteiger partial charge in [-0.15, -0.1) is 0 Å². The Morgan fingerprint density at radius 3 is 2.60 bits per heavy atom. The average Bonchev–Trinajstić information content (AvgIpc) is 2.72. The Morgan fingerprint density at radius 2 is 2.15 bits per heavy atom. The quantitative estimate of drug-likeness (QED) is 0.842. The molecule has 112 valence electrons. The molecule has 0 aliphatic carbocycles. The van der Waals surface area contributed by atoms with Gasteiger partial charge in [-0.25, -0.2) is 9.78 Å². The molecule has 2 heterocycles. The van der Waals surface area contributed by atoms with Gasteiger partial charge in [0, 0.05) is 26.6 Å². The summed E-state index contributed by atoms with van der Waals surface area (Å²) in [7, 11) is 3.24. The molecule has 0 saturated carbocycles. The summed E-state index contributed by atoms with van der Waals surface area (Å²) < 4.78 is 47.2. The highest BCUT2D eigenvalue weighted by Gasteiger charge is 2.50. The number of alkyl halides is 3. The fourth-order valence-electron chi connectivity index (χ4n) is 2.10. The van der Waals surface area contributed by atoms with Crippen molar-refractivity contribution in [2.75, 3.05) is 26.8 Å². The van der Waals surface area contributed by atoms with Gasteiger partial charge in [0.05, 0.1) is 13.1 Å². The standard InChI is InChI=1S/C11H14F3N3O3/c1-16-4-3-15-8(16)10(19-2)5-17(6-10)9(18)20-7-11(12,13)14/h3-4H,5-7H2,1-2H3. The molecule has 0 atom stereocenters. The Labute approximate surface area is 113 Å². The zero-order chi connectivity index (χ0) is 15.0. The Balaban J connectivity index is 1.95. The first kappa shape index (κ1) is 14.6. The molecule has 0 bridgehead atoms. The van der Waals surface area contributed by atoms with Crippen LogP contribution in [0.25, 0.3) is 0 Å². The zero-order valence-corrected chi connectivity index (χ0v) is 11.0. The van der Waals surface area contributed by atoms with Crippen LogP contribution in [-0.4, -0.2) is 53.5 Å². The topological polar surface area (TPSA) is 56.6 Å². The van der Waals surface area contributed by atoms with Gasteiger partial charge in [0.1, 0.15) is 5.82 Å². The van der Waals surface area contributed by atoms with E-state index in [0.29, 0.717) is 5.82 Å². The first-order valence-electron chi connectivity index (χ1n) is 5.79. The Morgan fingerprint density at radius 1 is 1.50 bits per heavy atom. The van der Waals surface area contributed by atoms with Crippen molar-refractivity contribution >= 4 is 6.09 Å². The molecule has 9 heteroatoms. The van der Waals surface area contributed by atoms with Crippen LogP contribution in [-0.2, 0) is 22.1 Å². The van der Waals surface area contributed by atoms with Crippen molar-refractivity contribution in [1.29, 1.82) is 0 Å². The van der Waals surface area contributed by atoms with Crippen molar-refractivity contribution in [2.24, 2.45) is 7.05 Å². The second kappa shape index (κ2) is 4.97. The van der Waals surface area contributed by atoms with Crippen LogP contribution in [0.3, 0.4) is 0 Å². The highest BCUT2D eigenvalue weighted by Crippen LogP contribution is 2.34. The predicted molar refractivity (Wildman–Crippen MR) is 60.9 cm³/mol. The van der Waals surface area contributed by atoms with E-state index in [4.69, 9.17) is 4.74 Å². The number of halogens is 3. The summed E-state index contributed by atoms with van der Waals surface area (Å²) in [6.45, 7) is -1.39. The minimum atomic E-state index is -4.53. The lowest BCUT2D eigenvalue weighted by Gasteiger charge is -2.47. The number of methoxy groups -OCH3 is 1. The lowest BCUT2D eigenvalue weighted by molar-refractivity contribution is -0.171. The Bertz CT molecular complexity index is 495. The number of likely N-dealkylation sites (tertiary alicyclic amines) is 1. The van der Waals surface area contributed by atoms with Gasteiger partial charge in [0.15, 0.2) is 12.2 Å². The minimum absolute atomic E-state index is 0.102. The Kier molecular flexibility index (Phi) is 3.63. The number of amides is 1. The van der Waals surface area contributed by atoms with Gasteiger partial charge >= 0.3 is 12.3 Å². The molecule has 1 aromatic rings. The molecule has 0 N–H and O–H groups in total. The highest BCUT2D eigenvalue weighted by molar-refractivity contribution is 5.69. The van der Waals surface area contributed by atoms with E-state index in [9.17, 15) is 18.0 Å². The fraction of sp³-hybridized carbons (Fsp3) is 0.636. The number of rotatable bonds is 3. The third-order valence-corrected chi connectivity index (χ3v) is 3.13. The van der Waals surface area contributed by atoms with Crippen molar-refractivity contribution in [3.8, 4) is 0 Å². The number of carbonyl (C=O) groups is 1. The van der Waals surface area contributed by atoms with Crippen molar-refractivity contribution in [3.63, 3.8) is 0 Å². The summed E-state index contributed by atoms with van der Waals surface area (Å²) in [5, 5.41) is 0. The summed E-state index contributed by atoms with van der Waals surface area (Å²) in [4.78, 5) is 16.7. The van der Waals surface area contributed by atoms with E-state index < -0.39 is 24.5 Å². The van der Waals surface area contributed by atoms with Gasteiger partial charge in [-0.05, 0) is 0 Å². The normalized spacial score (nSPS) is 17.8. The highest BCUT2D eigenvalue weighted by atomic mass is 19.4. The van der Waals surface area contributed by atoms with Gasteiger partial charge in [-0.1, -0.05) is 0 Å². The first-order chi connectivity index (χ1) is 9.27. The molecule has 1 saturated heterocycles. The lowest BCUT2D eigenvalue weighted by atomic mass is 9.93. The smallest absolute Gasteiger partial charge is 0.422 e. The van der Waals surface area contributed by atoms with E-state index in [1.165, 1.54) is 7.11 Å². The largest absolute Gasteiger partial charge is 0.440 e. The van der Waals surface area contributed by atoms with E-state index in [0.717, 1.165) is 4.90 Å². The van der Waals surface area contributed by atoms with E-state index in [1.54, 1.807) is 24.0 Å². The number of imidazole rings is 1. The van der Waals surface area contributed by atoms with Gasteiger partial charge in [-0.3, -0.25) is 0 Å². The molecule has 1 aliphatic rings. The number of nitrogens with zero attached hydrogens (tertiary/aromatic N) is 3. The van der Waals surface area contributed by atoms with Crippen LogP contribution >= 0.6 is 0 Å². The molecule has 20 heavy (non-hydrogen) atoms. The third-order valence-electron chi connectivity index (χ3n) is 3.13. The molecule has 2 rings (SSSR count). The van der Waals surface area contributed by atoms with Crippen LogP contribution in [0, 0.1) is 0 Å². The van der Waals surface area contributed by atoms with Crippen LogP contribution < -0.4 is 0 Å². The molecule has 0 aromatic carbocycles. The third kappa shape index (κ3) is 2.72. The zero-order valence-electron chi connectivity index (χ0n) is 11.0. The number of aromatic nitrogens is 2. The van der Waals surface area contributed by atoms with E-state index in [-0.39, 0.29) is 13.1 Å². The SMILES string of the molecule is COC1(c2nccn2C)CN(C(=O)OCC(F)(F)F)C1. The van der Waals surface area contributed by atoms with Crippen molar-refractivity contribution in [3.05, 3.63) is 18.2 Å². The van der Waals surface area contributed by atoms with Crippen LogP contribution in [0.4, 0.5) is 18.0 Å². The minimum Gasteiger partial charge on any atom is -0.440 e. The molecule has 0 radical (unpaired) electrons. The van der Waals surface area contributed by atoms with Crippen molar-refractivity contribution in [2.45, 2.75) is 11.8 Å². The van der Waals surface area contributed by atoms with Crippen LogP contribution in [0.1, 0.15) is 5.82 Å². The summed E-state index contributed by atoms with van der Waals surface area (Å²) in [6.07, 6.45) is -2.23. The number of hydrogen-bond donors (Lipinski definition) is 0. The van der Waals surface area contributed by atoms with Crippen LogP contribution in [0.5, 0.6) is 0 Å². The first-order valence-corrected chi connectivity index (χ1v) is 5.79. The lowest BCUT2D eigenvalue weighted by Crippen LogP contribution is -2.63. The number of carbonyl (C=O) groups excluding carboxylic acids is 1. The summed E-state index contributed by atoms with van der Waals surface area (Å²) in [5.74, 6) is 0.611. The number of aryl methyl sites for hydroxylation is 1. The monoisotopic (exact) mass is 293 g/mol. The van der Waals surface area contributed by atoms with Crippen LogP contribution in [0.2, 0.25) is 0 Å². The molecule has 1 fully saturated rings. The van der Waals surface area contributed by atoms with Gasteiger partial charge in [0.2, 0.25) is 0 Å². The van der Waals surface area contributed by atoms with Gasteiger partial charge in [0.25, 0.3) is 0 Å². The van der Waals surface area contributed by atoms with E-state index in [2.05, 4.69) is 9.72 Å². The second-order valence-corrected chi connectivity index (χ2v) is 4.59. The summed E-state index contributed by atoms with van der Waals surface area (Å²) in [5.41, 5.74) is -0.796. The molecular formula is C11H14F3N3O3. The molecule has 0 unspecified atom stereocenters. The Hall–Kier alpha value is -1.77. The van der Waals surface area contributed by atoms with Gasteiger partial charge < -0.3 is 18.9 Å².